The van der Waals surface area contributed by atoms with Crippen LogP contribution in [0.25, 0.3) is 0 Å². The number of hydrazone groups is 1. The van der Waals surface area contributed by atoms with Gasteiger partial charge in [0.05, 0.1) is 31.9 Å². The first-order valence-corrected chi connectivity index (χ1v) is 12.7. The second-order valence-electron chi connectivity index (χ2n) is 7.74. The number of hydrogen-bond acceptors (Lipinski definition) is 7. The van der Waals surface area contributed by atoms with Crippen molar-refractivity contribution >= 4 is 22.1 Å². The minimum atomic E-state index is -4.08. The Kier molecular flexibility index (Phi) is 9.82. The summed E-state index contributed by atoms with van der Waals surface area (Å²) in [5.74, 6) is 0.738. The largest absolute Gasteiger partial charge is 0.493 e. The summed E-state index contributed by atoms with van der Waals surface area (Å²) in [4.78, 5) is 12.7. The van der Waals surface area contributed by atoms with E-state index in [1.807, 2.05) is 6.07 Å². The lowest BCUT2D eigenvalue weighted by molar-refractivity contribution is -0.121. The Morgan fingerprint density at radius 2 is 1.70 bits per heavy atom. The normalized spacial score (nSPS) is 11.3. The monoisotopic (exact) mass is 523 g/mol. The van der Waals surface area contributed by atoms with Gasteiger partial charge in [0.25, 0.3) is 5.91 Å². The van der Waals surface area contributed by atoms with E-state index < -0.39 is 22.5 Å². The van der Waals surface area contributed by atoms with Crippen LogP contribution < -0.4 is 19.6 Å². The molecule has 0 radical (unpaired) electrons. The molecular formula is C27H29N3O6S. The number of nitrogens with zero attached hydrogens (tertiary/aromatic N) is 2. The number of amides is 1. The van der Waals surface area contributed by atoms with E-state index in [0.717, 1.165) is 15.4 Å². The van der Waals surface area contributed by atoms with Gasteiger partial charge in [-0.05, 0) is 47.5 Å². The van der Waals surface area contributed by atoms with Crippen LogP contribution in [0.15, 0.2) is 95.4 Å². The highest BCUT2D eigenvalue weighted by Crippen LogP contribution is 2.31. The molecule has 1 N–H and O–H groups in total. The van der Waals surface area contributed by atoms with E-state index in [1.165, 1.54) is 38.6 Å². The van der Waals surface area contributed by atoms with Crippen molar-refractivity contribution in [1.82, 2.24) is 9.73 Å². The zero-order chi connectivity index (χ0) is 26.7. The van der Waals surface area contributed by atoms with E-state index in [2.05, 4.69) is 17.1 Å². The summed E-state index contributed by atoms with van der Waals surface area (Å²) >= 11 is 0. The van der Waals surface area contributed by atoms with E-state index in [4.69, 9.17) is 14.2 Å². The van der Waals surface area contributed by atoms with E-state index in [-0.39, 0.29) is 17.2 Å². The molecule has 0 heterocycles. The van der Waals surface area contributed by atoms with Crippen LogP contribution in [0.5, 0.6) is 17.2 Å². The maximum absolute atomic E-state index is 13.5. The third kappa shape index (κ3) is 7.66. The number of nitrogens with one attached hydrogen (secondary N) is 1. The standard InChI is InChI=1S/C27H29N3O6S/c1-4-16-36-23-12-10-21(11-13-23)18-28-29-27(31)20-30(19-22-8-6-5-7-9-22)37(32,33)24-14-15-25(34-2)26(17-24)35-3/h4-15,17-18H,1,16,19-20H2,2-3H3,(H,29,31). The summed E-state index contributed by atoms with van der Waals surface area (Å²) in [5, 5.41) is 3.96. The van der Waals surface area contributed by atoms with Gasteiger partial charge < -0.3 is 14.2 Å². The fourth-order valence-corrected chi connectivity index (χ4v) is 4.72. The predicted octanol–water partition coefficient (Wildman–Crippen LogP) is 3.61. The summed E-state index contributed by atoms with van der Waals surface area (Å²) in [5.41, 5.74) is 3.85. The van der Waals surface area contributed by atoms with E-state index in [0.29, 0.717) is 18.1 Å². The molecule has 0 saturated heterocycles. The van der Waals surface area contributed by atoms with Crippen LogP contribution in [-0.4, -0.2) is 52.2 Å². The minimum Gasteiger partial charge on any atom is -0.493 e. The van der Waals surface area contributed by atoms with Gasteiger partial charge in [0.1, 0.15) is 12.4 Å². The van der Waals surface area contributed by atoms with Crippen LogP contribution in [-0.2, 0) is 21.4 Å². The van der Waals surface area contributed by atoms with Gasteiger partial charge in [-0.15, -0.1) is 0 Å². The number of sulfonamides is 1. The average Bonchev–Trinajstić information content (AvgIpc) is 2.92. The Labute approximate surface area is 217 Å². The van der Waals surface area contributed by atoms with Crippen LogP contribution >= 0.6 is 0 Å². The Morgan fingerprint density at radius 3 is 2.35 bits per heavy atom. The van der Waals surface area contributed by atoms with Crippen molar-refractivity contribution in [2.45, 2.75) is 11.4 Å². The molecule has 0 spiro atoms. The highest BCUT2D eigenvalue weighted by Gasteiger charge is 2.28. The average molecular weight is 524 g/mol. The summed E-state index contributed by atoms with van der Waals surface area (Å²) in [6.45, 7) is 3.54. The molecule has 3 aromatic rings. The zero-order valence-corrected chi connectivity index (χ0v) is 21.5. The van der Waals surface area contributed by atoms with Crippen molar-refractivity contribution in [3.05, 3.63) is 96.6 Å². The molecule has 37 heavy (non-hydrogen) atoms. The first kappa shape index (κ1) is 27.4. The third-order valence-electron chi connectivity index (χ3n) is 5.17. The summed E-state index contributed by atoms with van der Waals surface area (Å²) in [6, 6.07) is 20.4. The molecule has 0 aliphatic carbocycles. The first-order valence-electron chi connectivity index (χ1n) is 11.3. The van der Waals surface area contributed by atoms with Gasteiger partial charge in [0.15, 0.2) is 11.5 Å². The molecule has 0 atom stereocenters. The maximum Gasteiger partial charge on any atom is 0.255 e. The van der Waals surface area contributed by atoms with Crippen LogP contribution in [0.3, 0.4) is 0 Å². The smallest absolute Gasteiger partial charge is 0.255 e. The third-order valence-corrected chi connectivity index (χ3v) is 6.95. The zero-order valence-electron chi connectivity index (χ0n) is 20.7. The van der Waals surface area contributed by atoms with Gasteiger partial charge in [-0.2, -0.15) is 9.41 Å². The minimum absolute atomic E-state index is 0.0131. The lowest BCUT2D eigenvalue weighted by Gasteiger charge is -2.22. The molecule has 0 bridgehead atoms. The predicted molar refractivity (Wildman–Crippen MR) is 141 cm³/mol. The number of carbonyl (C=O) groups excluding carboxylic acids is 1. The number of benzene rings is 3. The molecule has 0 saturated carbocycles. The summed E-state index contributed by atoms with van der Waals surface area (Å²) in [7, 11) is -1.20. The fraction of sp³-hybridized carbons (Fsp3) is 0.185. The molecule has 9 nitrogen and oxygen atoms in total. The van der Waals surface area contributed by atoms with Crippen LogP contribution in [0.2, 0.25) is 0 Å². The van der Waals surface area contributed by atoms with Gasteiger partial charge in [-0.25, -0.2) is 13.8 Å². The Balaban J connectivity index is 1.76. The van der Waals surface area contributed by atoms with Crippen molar-refractivity contribution in [3.63, 3.8) is 0 Å². The van der Waals surface area contributed by atoms with Crippen molar-refractivity contribution < 1.29 is 27.4 Å². The molecule has 0 unspecified atom stereocenters. The second-order valence-corrected chi connectivity index (χ2v) is 9.68. The Bertz CT molecular complexity index is 1330. The van der Waals surface area contributed by atoms with E-state index >= 15 is 0 Å². The van der Waals surface area contributed by atoms with Gasteiger partial charge in [0, 0.05) is 12.6 Å². The quantitative estimate of drug-likeness (QED) is 0.208. The van der Waals surface area contributed by atoms with E-state index in [1.54, 1.807) is 54.6 Å². The molecule has 0 aliphatic rings. The first-order chi connectivity index (χ1) is 17.9. The summed E-state index contributed by atoms with van der Waals surface area (Å²) < 4.78 is 44.0. The Morgan fingerprint density at radius 1 is 1.00 bits per heavy atom. The lowest BCUT2D eigenvalue weighted by atomic mass is 10.2. The van der Waals surface area contributed by atoms with E-state index in [9.17, 15) is 13.2 Å². The number of rotatable bonds is 13. The second kappa shape index (κ2) is 13.2. The molecule has 0 aromatic heterocycles. The van der Waals surface area contributed by atoms with Crippen molar-refractivity contribution in [1.29, 1.82) is 0 Å². The number of methoxy groups -OCH3 is 2. The molecule has 194 valence electrons. The van der Waals surface area contributed by atoms with Gasteiger partial charge in [0.2, 0.25) is 10.0 Å². The fourth-order valence-electron chi connectivity index (χ4n) is 3.32. The van der Waals surface area contributed by atoms with Gasteiger partial charge in [-0.3, -0.25) is 4.79 Å². The van der Waals surface area contributed by atoms with Crippen LogP contribution in [0, 0.1) is 0 Å². The maximum atomic E-state index is 13.5. The lowest BCUT2D eigenvalue weighted by Crippen LogP contribution is -2.39. The van der Waals surface area contributed by atoms with Crippen LogP contribution in [0.4, 0.5) is 0 Å². The number of ether oxygens (including phenoxy) is 3. The van der Waals surface area contributed by atoms with Crippen molar-refractivity contribution in [3.8, 4) is 17.2 Å². The number of hydrogen-bond donors (Lipinski definition) is 1. The molecule has 1 amide bonds. The van der Waals surface area contributed by atoms with Crippen molar-refractivity contribution in [2.75, 3.05) is 27.4 Å². The molecule has 10 heteroatoms. The van der Waals surface area contributed by atoms with Crippen molar-refractivity contribution in [2.24, 2.45) is 5.10 Å². The molecule has 0 fully saturated rings. The molecule has 0 aliphatic heterocycles. The highest BCUT2D eigenvalue weighted by molar-refractivity contribution is 7.89. The Hall–Kier alpha value is -4.15. The van der Waals surface area contributed by atoms with Gasteiger partial charge in [-0.1, -0.05) is 43.0 Å². The summed E-state index contributed by atoms with van der Waals surface area (Å²) in [6.07, 6.45) is 3.11. The molecule has 3 rings (SSSR count). The molecule has 3 aromatic carbocycles. The highest BCUT2D eigenvalue weighted by atomic mass is 32.2. The molecular weight excluding hydrogens is 494 g/mol. The van der Waals surface area contributed by atoms with Gasteiger partial charge >= 0.3 is 0 Å². The topological polar surface area (TPSA) is 107 Å². The number of carbonyl (C=O) groups is 1. The van der Waals surface area contributed by atoms with Crippen LogP contribution in [0.1, 0.15) is 11.1 Å². The SMILES string of the molecule is C=CCOc1ccc(C=NNC(=O)CN(Cc2ccccc2)S(=O)(=O)c2ccc(OC)c(OC)c2)cc1.